The Morgan fingerprint density at radius 2 is 1.86 bits per heavy atom. The van der Waals surface area contributed by atoms with Gasteiger partial charge in [0.1, 0.15) is 5.75 Å². The molecule has 0 fully saturated rings. The number of rotatable bonds is 4. The summed E-state index contributed by atoms with van der Waals surface area (Å²) >= 11 is 3.30. The molecule has 0 saturated carbocycles. The van der Waals surface area contributed by atoms with E-state index in [2.05, 4.69) is 22.0 Å². The van der Waals surface area contributed by atoms with Gasteiger partial charge >= 0.3 is 0 Å². The number of carbonyl (C=O) groups excluding carboxylic acids is 1. The summed E-state index contributed by atoms with van der Waals surface area (Å²) in [6, 6.07) is 14.5. The van der Waals surface area contributed by atoms with Gasteiger partial charge < -0.3 is 5.11 Å². The fourth-order valence-corrected chi connectivity index (χ4v) is 2.48. The highest BCUT2D eigenvalue weighted by molar-refractivity contribution is 9.10. The van der Waals surface area contributed by atoms with Crippen molar-refractivity contribution >= 4 is 21.7 Å². The molecule has 0 spiro atoms. The van der Waals surface area contributed by atoms with Crippen LogP contribution in [0.25, 0.3) is 0 Å². The first-order valence-electron chi connectivity index (χ1n) is 6.86. The smallest absolute Gasteiger partial charge is 0.170 e. The van der Waals surface area contributed by atoms with E-state index in [9.17, 15) is 9.90 Å². The molecule has 1 N–H and O–H groups in total. The molecule has 0 aliphatic carbocycles. The average Bonchev–Trinajstić information content (AvgIpc) is 2.50. The molecule has 0 atom stereocenters. The Bertz CT molecular complexity index is 743. The van der Waals surface area contributed by atoms with Gasteiger partial charge in [-0.2, -0.15) is 5.26 Å². The summed E-state index contributed by atoms with van der Waals surface area (Å²) in [5.41, 5.74) is 1.51. The van der Waals surface area contributed by atoms with E-state index in [-0.39, 0.29) is 18.0 Å². The van der Waals surface area contributed by atoms with Crippen LogP contribution in [-0.4, -0.2) is 10.9 Å². The second-order valence-electron chi connectivity index (χ2n) is 5.70. The van der Waals surface area contributed by atoms with Gasteiger partial charge in [0, 0.05) is 10.9 Å². The summed E-state index contributed by atoms with van der Waals surface area (Å²) in [6.07, 6.45) is 0.206. The second-order valence-corrected chi connectivity index (χ2v) is 6.61. The largest absolute Gasteiger partial charge is 0.507 e. The monoisotopic (exact) mass is 357 g/mol. The van der Waals surface area contributed by atoms with Crippen molar-refractivity contribution in [1.29, 1.82) is 5.26 Å². The number of carbonyl (C=O) groups is 1. The first kappa shape index (κ1) is 16.3. The third kappa shape index (κ3) is 3.55. The number of halogens is 1. The Morgan fingerprint density at radius 3 is 2.45 bits per heavy atom. The van der Waals surface area contributed by atoms with Crippen LogP contribution in [0.5, 0.6) is 5.75 Å². The number of phenolic OH excluding ortho intramolecular Hbond substituents is 1. The molecular formula is C18H16BrNO2. The van der Waals surface area contributed by atoms with Crippen molar-refractivity contribution in [2.45, 2.75) is 25.7 Å². The number of nitrogens with zero attached hydrogens (tertiary/aromatic N) is 1. The van der Waals surface area contributed by atoms with E-state index in [1.807, 2.05) is 38.1 Å². The third-order valence-electron chi connectivity index (χ3n) is 3.58. The number of aromatic hydroxyl groups is 1. The highest BCUT2D eigenvalue weighted by Crippen LogP contribution is 2.25. The van der Waals surface area contributed by atoms with Crippen molar-refractivity contribution in [3.05, 3.63) is 63.6 Å². The van der Waals surface area contributed by atoms with Gasteiger partial charge in [0.25, 0.3) is 0 Å². The molecule has 2 aromatic carbocycles. The lowest BCUT2D eigenvalue weighted by atomic mass is 9.85. The highest BCUT2D eigenvalue weighted by atomic mass is 79.9. The summed E-state index contributed by atoms with van der Waals surface area (Å²) in [6.45, 7) is 3.71. The van der Waals surface area contributed by atoms with Gasteiger partial charge in [-0.05, 0) is 43.2 Å². The van der Waals surface area contributed by atoms with Gasteiger partial charge in [-0.15, -0.1) is 0 Å². The van der Waals surface area contributed by atoms with Crippen molar-refractivity contribution in [2.24, 2.45) is 0 Å². The van der Waals surface area contributed by atoms with Crippen LogP contribution in [0, 0.1) is 11.3 Å². The van der Waals surface area contributed by atoms with Crippen LogP contribution in [0.4, 0.5) is 0 Å². The van der Waals surface area contributed by atoms with E-state index in [1.54, 1.807) is 12.1 Å². The van der Waals surface area contributed by atoms with Crippen LogP contribution < -0.4 is 0 Å². The van der Waals surface area contributed by atoms with Gasteiger partial charge in [-0.25, -0.2) is 0 Å². The lowest BCUT2D eigenvalue weighted by Crippen LogP contribution is -2.13. The Labute approximate surface area is 138 Å². The van der Waals surface area contributed by atoms with Crippen LogP contribution in [-0.2, 0) is 11.8 Å². The minimum absolute atomic E-state index is 0.0181. The molecule has 2 aromatic rings. The van der Waals surface area contributed by atoms with Crippen LogP contribution in [0.2, 0.25) is 0 Å². The molecule has 0 heterocycles. The molecule has 0 bridgehead atoms. The molecule has 0 aliphatic heterocycles. The number of hydrogen-bond donors (Lipinski definition) is 1. The maximum absolute atomic E-state index is 12.3. The van der Waals surface area contributed by atoms with Crippen molar-refractivity contribution in [1.82, 2.24) is 0 Å². The normalized spacial score (nSPS) is 11.0. The van der Waals surface area contributed by atoms with Crippen LogP contribution in [0.15, 0.2) is 46.9 Å². The molecule has 0 aromatic heterocycles. The Kier molecular flexibility index (Phi) is 4.68. The Hall–Kier alpha value is -2.12. The van der Waals surface area contributed by atoms with Gasteiger partial charge in [0.05, 0.1) is 17.0 Å². The summed E-state index contributed by atoms with van der Waals surface area (Å²) in [4.78, 5) is 12.3. The third-order valence-corrected chi connectivity index (χ3v) is 4.07. The van der Waals surface area contributed by atoms with Crippen LogP contribution in [0.3, 0.4) is 0 Å². The maximum atomic E-state index is 12.3. The van der Waals surface area contributed by atoms with Crippen molar-refractivity contribution in [3.8, 4) is 11.8 Å². The first-order chi connectivity index (χ1) is 10.3. The predicted octanol–water partition coefficient (Wildman–Crippen LogP) is 4.38. The van der Waals surface area contributed by atoms with E-state index < -0.39 is 5.41 Å². The van der Waals surface area contributed by atoms with E-state index in [0.29, 0.717) is 5.56 Å². The van der Waals surface area contributed by atoms with Gasteiger partial charge in [0.2, 0.25) is 0 Å². The number of nitriles is 1. The summed E-state index contributed by atoms with van der Waals surface area (Å²) in [5.74, 6) is -0.165. The fourth-order valence-electron chi connectivity index (χ4n) is 2.12. The molecule has 2 rings (SSSR count). The number of phenols is 1. The molecule has 112 valence electrons. The molecule has 22 heavy (non-hydrogen) atoms. The van der Waals surface area contributed by atoms with E-state index >= 15 is 0 Å². The molecule has 0 radical (unpaired) electrons. The van der Waals surface area contributed by atoms with Gasteiger partial charge in [-0.3, -0.25) is 4.79 Å². The predicted molar refractivity (Wildman–Crippen MR) is 88.9 cm³/mol. The highest BCUT2D eigenvalue weighted by Gasteiger charge is 2.19. The molecule has 0 amide bonds. The minimum Gasteiger partial charge on any atom is -0.507 e. The summed E-state index contributed by atoms with van der Waals surface area (Å²) in [5, 5.41) is 18.9. The zero-order valence-electron chi connectivity index (χ0n) is 12.4. The van der Waals surface area contributed by atoms with E-state index in [0.717, 1.165) is 15.6 Å². The molecule has 0 unspecified atom stereocenters. The topological polar surface area (TPSA) is 61.1 Å². The number of ketones is 1. The summed E-state index contributed by atoms with van der Waals surface area (Å²) < 4.78 is 0.750. The number of Topliss-reactive ketones (excluding diaryl/α,β-unsaturated/α-hetero) is 1. The summed E-state index contributed by atoms with van der Waals surface area (Å²) in [7, 11) is 0. The number of benzene rings is 2. The maximum Gasteiger partial charge on any atom is 0.170 e. The van der Waals surface area contributed by atoms with Crippen LogP contribution in [0.1, 0.15) is 35.3 Å². The van der Waals surface area contributed by atoms with E-state index in [4.69, 9.17) is 5.26 Å². The number of hydrogen-bond acceptors (Lipinski definition) is 3. The standard InChI is InChI=1S/C18H16BrNO2/c1-18(2,11-20)13-5-3-12(4-6-13)9-17(22)15-10-14(19)7-8-16(15)21/h3-8,10,21H,9H2,1-2H3. The Morgan fingerprint density at radius 1 is 1.23 bits per heavy atom. The lowest BCUT2D eigenvalue weighted by molar-refractivity contribution is 0.0990. The second kappa shape index (κ2) is 6.33. The average molecular weight is 358 g/mol. The molecule has 3 nitrogen and oxygen atoms in total. The lowest BCUT2D eigenvalue weighted by Gasteiger charge is -2.15. The van der Waals surface area contributed by atoms with Crippen molar-refractivity contribution in [2.75, 3.05) is 0 Å². The zero-order valence-corrected chi connectivity index (χ0v) is 14.0. The molecule has 0 aliphatic rings. The Balaban J connectivity index is 2.19. The van der Waals surface area contributed by atoms with Crippen LogP contribution >= 0.6 is 15.9 Å². The quantitative estimate of drug-likeness (QED) is 0.825. The van der Waals surface area contributed by atoms with Crippen molar-refractivity contribution in [3.63, 3.8) is 0 Å². The van der Waals surface area contributed by atoms with Gasteiger partial charge in [0.15, 0.2) is 5.78 Å². The van der Waals surface area contributed by atoms with E-state index in [1.165, 1.54) is 6.07 Å². The first-order valence-corrected chi connectivity index (χ1v) is 7.65. The molecular weight excluding hydrogens is 342 g/mol. The molecule has 0 saturated heterocycles. The SMILES string of the molecule is CC(C)(C#N)c1ccc(CC(=O)c2cc(Br)ccc2O)cc1. The van der Waals surface area contributed by atoms with Gasteiger partial charge in [-0.1, -0.05) is 40.2 Å². The minimum atomic E-state index is -0.550. The van der Waals surface area contributed by atoms with Crippen molar-refractivity contribution < 1.29 is 9.90 Å². The zero-order chi connectivity index (χ0) is 16.3. The molecule has 4 heteroatoms. The fraction of sp³-hybridized carbons (Fsp3) is 0.222.